The second kappa shape index (κ2) is 7.92. The molecule has 7 heteroatoms. The third-order valence-electron chi connectivity index (χ3n) is 1.29. The predicted molar refractivity (Wildman–Crippen MR) is 53.3 cm³/mol. The Morgan fingerprint density at radius 3 is 2.19 bits per heavy atom. The number of carbonyl (C=O) groups excluding carboxylic acids is 1. The molecule has 0 aliphatic rings. The zero-order valence-electron chi connectivity index (χ0n) is 10.1. The average Bonchev–Trinajstić information content (AvgIpc) is 1.92. The molecule has 16 heavy (non-hydrogen) atoms. The molecule has 88 valence electrons. The van der Waals surface area contributed by atoms with Crippen LogP contribution in [-0.2, 0) is 9.53 Å². The van der Waals surface area contributed by atoms with Gasteiger partial charge in [-0.3, -0.25) is 4.79 Å². The minimum absolute atomic E-state index is 0. The first-order valence-electron chi connectivity index (χ1n) is 4.70. The van der Waals surface area contributed by atoms with Crippen molar-refractivity contribution in [3.63, 3.8) is 0 Å². The minimum Gasteiger partial charge on any atom is -0.460 e. The van der Waals surface area contributed by atoms with Crippen LogP contribution in [0.5, 0.6) is 0 Å². The predicted octanol–water partition coefficient (Wildman–Crippen LogP) is 0.0551. The van der Waals surface area contributed by atoms with Crippen molar-refractivity contribution in [1.82, 2.24) is 0 Å². The maximum Gasteiger partial charge on any atom is 1.00 e. The van der Waals surface area contributed by atoms with Gasteiger partial charge in [-0.2, -0.15) is 0 Å². The van der Waals surface area contributed by atoms with Crippen molar-refractivity contribution in [1.29, 1.82) is 0 Å². The SMILES string of the molecule is CC(C)(C)OC(=O)CC/C=C/[B-](F)(F)F.[K+]. The molecule has 0 aromatic heterocycles. The van der Waals surface area contributed by atoms with Gasteiger partial charge in [0, 0.05) is 6.42 Å². The number of carbonyl (C=O) groups is 1. The monoisotopic (exact) mass is 262 g/mol. The average molecular weight is 262 g/mol. The molecule has 0 aliphatic carbocycles. The maximum absolute atomic E-state index is 11.7. The first kappa shape index (κ1) is 19.1. The summed E-state index contributed by atoms with van der Waals surface area (Å²) < 4.78 is 40.1. The normalized spacial score (nSPS) is 12.4. The first-order chi connectivity index (χ1) is 6.60. The second-order valence-corrected chi connectivity index (χ2v) is 4.18. The molecule has 0 aliphatic heterocycles. The van der Waals surface area contributed by atoms with Crippen LogP contribution < -0.4 is 51.4 Å². The van der Waals surface area contributed by atoms with Crippen LogP contribution in [0.4, 0.5) is 12.9 Å². The van der Waals surface area contributed by atoms with Crippen LogP contribution in [0.25, 0.3) is 0 Å². The number of rotatable bonds is 4. The van der Waals surface area contributed by atoms with E-state index in [9.17, 15) is 17.7 Å². The van der Waals surface area contributed by atoms with Gasteiger partial charge in [0.15, 0.2) is 0 Å². The van der Waals surface area contributed by atoms with Crippen LogP contribution in [0.3, 0.4) is 0 Å². The van der Waals surface area contributed by atoms with Crippen molar-refractivity contribution in [3.8, 4) is 0 Å². The van der Waals surface area contributed by atoms with Gasteiger partial charge in [-0.15, -0.1) is 12.1 Å². The number of allylic oxidation sites excluding steroid dienone is 1. The van der Waals surface area contributed by atoms with Gasteiger partial charge in [-0.1, -0.05) is 0 Å². The molecule has 0 rings (SSSR count). The molecule has 0 saturated heterocycles. The summed E-state index contributed by atoms with van der Waals surface area (Å²) in [6.07, 6.45) is 0.972. The summed E-state index contributed by atoms with van der Waals surface area (Å²) in [5.41, 5.74) is -0.589. The van der Waals surface area contributed by atoms with Crippen LogP contribution >= 0.6 is 0 Å². The van der Waals surface area contributed by atoms with Gasteiger partial charge < -0.3 is 17.7 Å². The molecule has 0 atom stereocenters. The van der Waals surface area contributed by atoms with E-state index in [0.717, 1.165) is 6.08 Å². The Morgan fingerprint density at radius 2 is 1.81 bits per heavy atom. The van der Waals surface area contributed by atoms with Crippen LogP contribution in [-0.4, -0.2) is 18.5 Å². The van der Waals surface area contributed by atoms with E-state index in [1.807, 2.05) is 0 Å². The van der Waals surface area contributed by atoms with Crippen molar-refractivity contribution >= 4 is 12.9 Å². The van der Waals surface area contributed by atoms with E-state index in [4.69, 9.17) is 4.74 Å². The number of hydrogen-bond donors (Lipinski definition) is 0. The summed E-state index contributed by atoms with van der Waals surface area (Å²) >= 11 is 0. The van der Waals surface area contributed by atoms with E-state index < -0.39 is 18.5 Å². The van der Waals surface area contributed by atoms with Crippen LogP contribution in [0, 0.1) is 0 Å². The molecule has 0 bridgehead atoms. The molecule has 0 aromatic carbocycles. The molecule has 0 saturated carbocycles. The van der Waals surface area contributed by atoms with Crippen molar-refractivity contribution < 1.29 is 73.9 Å². The molecule has 0 amide bonds. The van der Waals surface area contributed by atoms with E-state index in [-0.39, 0.29) is 70.2 Å². The van der Waals surface area contributed by atoms with E-state index in [0.29, 0.717) is 0 Å². The molecule has 0 radical (unpaired) electrons. The van der Waals surface area contributed by atoms with Gasteiger partial charge >= 0.3 is 64.3 Å². The molecular weight excluding hydrogens is 247 g/mol. The van der Waals surface area contributed by atoms with Crippen LogP contribution in [0.1, 0.15) is 33.6 Å². The first-order valence-corrected chi connectivity index (χ1v) is 4.70. The van der Waals surface area contributed by atoms with Crippen molar-refractivity contribution in [2.24, 2.45) is 0 Å². The fourth-order valence-corrected chi connectivity index (χ4v) is 0.844. The van der Waals surface area contributed by atoms with Gasteiger partial charge in [-0.05, 0) is 27.2 Å². The van der Waals surface area contributed by atoms with Crippen molar-refractivity contribution in [2.45, 2.75) is 39.2 Å². The number of hydrogen-bond acceptors (Lipinski definition) is 2. The third kappa shape index (κ3) is 14.7. The molecule has 0 N–H and O–H groups in total. The number of ether oxygens (including phenoxy) is 1. The quantitative estimate of drug-likeness (QED) is 0.529. The molecule has 0 fully saturated rings. The van der Waals surface area contributed by atoms with Crippen molar-refractivity contribution in [3.05, 3.63) is 12.1 Å². The minimum atomic E-state index is -4.90. The van der Waals surface area contributed by atoms with Crippen LogP contribution in [0.15, 0.2) is 12.1 Å². The Morgan fingerprint density at radius 1 is 1.31 bits per heavy atom. The van der Waals surface area contributed by atoms with E-state index in [1.165, 1.54) is 0 Å². The Hall–Kier alpha value is 0.701. The second-order valence-electron chi connectivity index (χ2n) is 4.18. The summed E-state index contributed by atoms with van der Waals surface area (Å²) in [6.45, 7) is 0.228. The van der Waals surface area contributed by atoms with Gasteiger partial charge in [-0.25, -0.2) is 0 Å². The number of esters is 1. The zero-order chi connectivity index (χ0) is 12.1. The molecule has 0 aromatic rings. The van der Waals surface area contributed by atoms with Gasteiger partial charge in [0.25, 0.3) is 0 Å². The largest absolute Gasteiger partial charge is 1.00 e. The summed E-state index contributed by atoms with van der Waals surface area (Å²) in [5.74, 6) is -0.300. The standard InChI is InChI=1S/C9H15BF3O2.K/c1-9(2,3)15-8(14)6-4-5-7-10(11,12)13;/h5,7H,4,6H2,1-3H3;/q-1;+1/b7-5+;. The van der Waals surface area contributed by atoms with Gasteiger partial charge in [0.2, 0.25) is 0 Å². The Balaban J connectivity index is 0. The zero-order valence-corrected chi connectivity index (χ0v) is 13.2. The fourth-order valence-electron chi connectivity index (χ4n) is 0.844. The Labute approximate surface area is 136 Å². The molecule has 2 nitrogen and oxygen atoms in total. The third-order valence-corrected chi connectivity index (χ3v) is 1.29. The fraction of sp³-hybridized carbons (Fsp3) is 0.667. The maximum atomic E-state index is 11.7. The van der Waals surface area contributed by atoms with E-state index in [1.54, 1.807) is 20.8 Å². The summed E-state index contributed by atoms with van der Waals surface area (Å²) in [6, 6.07) is 0. The number of halogens is 3. The van der Waals surface area contributed by atoms with E-state index >= 15 is 0 Å². The van der Waals surface area contributed by atoms with E-state index in [2.05, 4.69) is 0 Å². The summed E-state index contributed by atoms with van der Waals surface area (Å²) in [5, 5.41) is 0. The topological polar surface area (TPSA) is 26.3 Å². The molecular formula is C9H15BF3KO2. The Kier molecular flexibility index (Phi) is 9.43. The molecule has 0 heterocycles. The molecule has 0 spiro atoms. The summed E-state index contributed by atoms with van der Waals surface area (Å²) in [4.78, 5) is 11.1. The molecule has 0 unspecified atom stereocenters. The van der Waals surface area contributed by atoms with Gasteiger partial charge in [0.05, 0.1) is 0 Å². The Bertz CT molecular complexity index is 246. The van der Waals surface area contributed by atoms with Crippen LogP contribution in [0.2, 0.25) is 0 Å². The van der Waals surface area contributed by atoms with Crippen molar-refractivity contribution in [2.75, 3.05) is 0 Å². The summed E-state index contributed by atoms with van der Waals surface area (Å²) in [7, 11) is 0. The smallest absolute Gasteiger partial charge is 0.460 e. The van der Waals surface area contributed by atoms with Gasteiger partial charge in [0.1, 0.15) is 5.60 Å².